The highest BCUT2D eigenvalue weighted by atomic mass is 35.5. The molecule has 0 radical (unpaired) electrons. The van der Waals surface area contributed by atoms with Gasteiger partial charge in [-0.05, 0) is 17.7 Å². The molecule has 72 valence electrons. The average Bonchev–Trinajstić information content (AvgIpc) is 2.10. The summed E-state index contributed by atoms with van der Waals surface area (Å²) in [5.74, 6) is -0.525. The van der Waals surface area contributed by atoms with Gasteiger partial charge in [-0.3, -0.25) is 0 Å². The van der Waals surface area contributed by atoms with Crippen LogP contribution in [-0.4, -0.2) is 6.54 Å². The third kappa shape index (κ3) is 2.09. The van der Waals surface area contributed by atoms with Crippen molar-refractivity contribution >= 4 is 17.3 Å². The molecule has 1 rings (SSSR count). The van der Waals surface area contributed by atoms with E-state index < -0.39 is 11.9 Å². The van der Waals surface area contributed by atoms with Crippen molar-refractivity contribution < 1.29 is 4.39 Å². The molecule has 1 aromatic carbocycles. The zero-order chi connectivity index (χ0) is 10.0. The second-order valence-electron chi connectivity index (χ2n) is 2.74. The molecule has 0 aliphatic heterocycles. The average molecular weight is 204 g/mol. The van der Waals surface area contributed by atoms with E-state index in [-0.39, 0.29) is 12.2 Å². The van der Waals surface area contributed by atoms with Crippen LogP contribution in [0.15, 0.2) is 12.1 Å². The van der Waals surface area contributed by atoms with Gasteiger partial charge >= 0.3 is 0 Å². The first-order valence-corrected chi connectivity index (χ1v) is 4.14. The van der Waals surface area contributed by atoms with Crippen LogP contribution in [-0.2, 0) is 0 Å². The van der Waals surface area contributed by atoms with Crippen molar-refractivity contribution in [2.75, 3.05) is 12.3 Å². The highest BCUT2D eigenvalue weighted by Gasteiger charge is 2.11. The summed E-state index contributed by atoms with van der Waals surface area (Å²) in [6.07, 6.45) is 0. The topological polar surface area (TPSA) is 78.1 Å². The molecule has 13 heavy (non-hydrogen) atoms. The zero-order valence-electron chi connectivity index (χ0n) is 6.93. The molecule has 0 amide bonds. The van der Waals surface area contributed by atoms with Gasteiger partial charge in [0.25, 0.3) is 0 Å². The summed E-state index contributed by atoms with van der Waals surface area (Å²) in [6, 6.07) is 2.10. The first-order chi connectivity index (χ1) is 6.06. The van der Waals surface area contributed by atoms with E-state index >= 15 is 0 Å². The van der Waals surface area contributed by atoms with Gasteiger partial charge in [-0.2, -0.15) is 0 Å². The number of nitrogen functional groups attached to an aromatic ring is 1. The lowest BCUT2D eigenvalue weighted by molar-refractivity contribution is 0.624. The monoisotopic (exact) mass is 203 g/mol. The van der Waals surface area contributed by atoms with Gasteiger partial charge in [-0.25, -0.2) is 4.39 Å². The number of hydrogen-bond donors (Lipinski definition) is 3. The summed E-state index contributed by atoms with van der Waals surface area (Å²) < 4.78 is 13.0. The SMILES string of the molecule is NC[C@@H](N)c1cc(F)c(N)cc1Cl. The normalized spacial score (nSPS) is 12.9. The number of hydrogen-bond acceptors (Lipinski definition) is 3. The van der Waals surface area contributed by atoms with E-state index in [1.807, 2.05) is 0 Å². The molecule has 0 unspecified atom stereocenters. The van der Waals surface area contributed by atoms with Crippen molar-refractivity contribution in [1.29, 1.82) is 0 Å². The van der Waals surface area contributed by atoms with Gasteiger partial charge in [0.1, 0.15) is 5.82 Å². The van der Waals surface area contributed by atoms with Crippen molar-refractivity contribution in [2.45, 2.75) is 6.04 Å². The van der Waals surface area contributed by atoms with Gasteiger partial charge in [-0.15, -0.1) is 0 Å². The Hall–Kier alpha value is -0.840. The largest absolute Gasteiger partial charge is 0.396 e. The number of nitrogens with two attached hydrogens (primary N) is 3. The van der Waals surface area contributed by atoms with E-state index in [2.05, 4.69) is 0 Å². The highest BCUT2D eigenvalue weighted by molar-refractivity contribution is 6.31. The lowest BCUT2D eigenvalue weighted by Crippen LogP contribution is -2.21. The van der Waals surface area contributed by atoms with Crippen molar-refractivity contribution in [3.63, 3.8) is 0 Å². The molecule has 0 spiro atoms. The molecule has 6 N–H and O–H groups in total. The van der Waals surface area contributed by atoms with Crippen LogP contribution < -0.4 is 17.2 Å². The fourth-order valence-corrected chi connectivity index (χ4v) is 1.30. The maximum Gasteiger partial charge on any atom is 0.146 e. The predicted octanol–water partition coefficient (Wildman–Crippen LogP) is 1.02. The Kier molecular flexibility index (Phi) is 3.08. The first kappa shape index (κ1) is 10.2. The lowest BCUT2D eigenvalue weighted by Gasteiger charge is -2.11. The van der Waals surface area contributed by atoms with Gasteiger partial charge in [0.05, 0.1) is 5.69 Å². The number of benzene rings is 1. The first-order valence-electron chi connectivity index (χ1n) is 3.76. The Morgan fingerprint density at radius 3 is 2.62 bits per heavy atom. The van der Waals surface area contributed by atoms with E-state index in [0.717, 1.165) is 0 Å². The summed E-state index contributed by atoms with van der Waals surface area (Å²) >= 11 is 5.79. The smallest absolute Gasteiger partial charge is 0.146 e. The van der Waals surface area contributed by atoms with Crippen molar-refractivity contribution in [1.82, 2.24) is 0 Å². The summed E-state index contributed by atoms with van der Waals surface area (Å²) in [5, 5.41) is 0.344. The number of halogens is 2. The van der Waals surface area contributed by atoms with E-state index in [4.69, 9.17) is 28.8 Å². The molecule has 3 nitrogen and oxygen atoms in total. The fourth-order valence-electron chi connectivity index (χ4n) is 0.989. The van der Waals surface area contributed by atoms with Crippen LogP contribution in [0.3, 0.4) is 0 Å². The Labute approximate surface area is 80.6 Å². The van der Waals surface area contributed by atoms with Gasteiger partial charge in [0.2, 0.25) is 0 Å². The quantitative estimate of drug-likeness (QED) is 0.628. The standard InChI is InChI=1S/C8H11ClFN3/c9-5-2-7(12)6(10)1-4(5)8(13)3-11/h1-2,8H,3,11-13H2/t8-/m1/s1. The minimum atomic E-state index is -0.525. The minimum Gasteiger partial charge on any atom is -0.396 e. The third-order valence-corrected chi connectivity index (χ3v) is 2.10. The predicted molar refractivity (Wildman–Crippen MR) is 51.8 cm³/mol. The van der Waals surface area contributed by atoms with Gasteiger partial charge in [0, 0.05) is 17.6 Å². The van der Waals surface area contributed by atoms with Crippen LogP contribution >= 0.6 is 11.6 Å². The molecule has 0 aliphatic rings. The fraction of sp³-hybridized carbons (Fsp3) is 0.250. The van der Waals surface area contributed by atoms with Crippen molar-refractivity contribution in [2.24, 2.45) is 11.5 Å². The van der Waals surface area contributed by atoms with Crippen LogP contribution in [0.1, 0.15) is 11.6 Å². The molecule has 0 heterocycles. The highest BCUT2D eigenvalue weighted by Crippen LogP contribution is 2.25. The van der Waals surface area contributed by atoms with Crippen LogP contribution in [0.25, 0.3) is 0 Å². The van der Waals surface area contributed by atoms with Crippen LogP contribution in [0.4, 0.5) is 10.1 Å². The molecule has 5 heteroatoms. The second-order valence-corrected chi connectivity index (χ2v) is 3.14. The molecular formula is C8H11ClFN3. The van der Waals surface area contributed by atoms with Crippen LogP contribution in [0, 0.1) is 5.82 Å². The van der Waals surface area contributed by atoms with Crippen molar-refractivity contribution in [3.05, 3.63) is 28.5 Å². The summed E-state index contributed by atoms with van der Waals surface area (Å²) in [4.78, 5) is 0. The molecule has 1 aromatic rings. The molecule has 0 fully saturated rings. The van der Waals surface area contributed by atoms with Gasteiger partial charge in [-0.1, -0.05) is 11.6 Å². The maximum absolute atomic E-state index is 13.0. The number of rotatable bonds is 2. The Balaban J connectivity index is 3.15. The van der Waals surface area contributed by atoms with Crippen LogP contribution in [0.2, 0.25) is 5.02 Å². The maximum atomic E-state index is 13.0. The molecule has 0 aliphatic carbocycles. The Bertz CT molecular complexity index is 317. The lowest BCUT2D eigenvalue weighted by atomic mass is 10.1. The number of anilines is 1. The summed E-state index contributed by atoms with van der Waals surface area (Å²) in [6.45, 7) is 0.211. The van der Waals surface area contributed by atoms with Gasteiger partial charge in [0.15, 0.2) is 0 Å². The van der Waals surface area contributed by atoms with E-state index in [1.54, 1.807) is 0 Å². The van der Waals surface area contributed by atoms with E-state index in [9.17, 15) is 4.39 Å². The van der Waals surface area contributed by atoms with E-state index in [1.165, 1.54) is 12.1 Å². The summed E-state index contributed by atoms with van der Waals surface area (Å²) in [5.41, 5.74) is 16.7. The molecule has 0 aromatic heterocycles. The summed E-state index contributed by atoms with van der Waals surface area (Å²) in [7, 11) is 0. The Morgan fingerprint density at radius 2 is 2.08 bits per heavy atom. The minimum absolute atomic E-state index is 0.0120. The second kappa shape index (κ2) is 3.91. The molecule has 0 saturated heterocycles. The molecular weight excluding hydrogens is 193 g/mol. The molecule has 0 saturated carbocycles. The zero-order valence-corrected chi connectivity index (χ0v) is 7.68. The van der Waals surface area contributed by atoms with Crippen molar-refractivity contribution in [3.8, 4) is 0 Å². The Morgan fingerprint density at radius 1 is 1.46 bits per heavy atom. The third-order valence-electron chi connectivity index (χ3n) is 1.77. The van der Waals surface area contributed by atoms with Crippen LogP contribution in [0.5, 0.6) is 0 Å². The van der Waals surface area contributed by atoms with E-state index in [0.29, 0.717) is 10.6 Å². The molecule has 0 bridgehead atoms. The molecule has 1 atom stereocenters. The van der Waals surface area contributed by atoms with Gasteiger partial charge < -0.3 is 17.2 Å².